The van der Waals surface area contributed by atoms with Crippen LogP contribution in [-0.2, 0) is 3.83 Å². The topological polar surface area (TPSA) is 17.1 Å². The van der Waals surface area contributed by atoms with E-state index < -0.39 is 13.8 Å². The molecule has 94 valence electrons. The minimum atomic E-state index is -2.25. The molecule has 1 atom stereocenters. The van der Waals surface area contributed by atoms with E-state index in [1.807, 2.05) is 54.6 Å². The minimum absolute atomic E-state index is 0.667. The van der Waals surface area contributed by atoms with E-state index >= 15 is 0 Å². The molecule has 0 spiro atoms. The van der Waals surface area contributed by atoms with Crippen LogP contribution >= 0.6 is 11.6 Å². The van der Waals surface area contributed by atoms with Gasteiger partial charge in [-0.1, -0.05) is 0 Å². The summed E-state index contributed by atoms with van der Waals surface area (Å²) >= 11 is 3.62. The van der Waals surface area contributed by atoms with Gasteiger partial charge in [0.2, 0.25) is 0 Å². The van der Waals surface area contributed by atoms with E-state index in [9.17, 15) is 3.83 Å². The average Bonchev–Trinajstić information content (AvgIpc) is 2.47. The maximum atomic E-state index is 12.7. The predicted molar refractivity (Wildman–Crippen MR) is 81.1 cm³/mol. The van der Waals surface area contributed by atoms with Crippen LogP contribution in [0.15, 0.2) is 66.7 Å². The molecule has 0 amide bonds. The molecule has 0 N–H and O–H groups in total. The molecule has 0 aliphatic heterocycles. The summed E-state index contributed by atoms with van der Waals surface area (Å²) in [5.74, 6) is 0. The van der Waals surface area contributed by atoms with Crippen molar-refractivity contribution in [1.82, 2.24) is 0 Å². The van der Waals surface area contributed by atoms with Gasteiger partial charge in [0.1, 0.15) is 0 Å². The van der Waals surface area contributed by atoms with Crippen LogP contribution in [0.1, 0.15) is 0 Å². The Morgan fingerprint density at radius 2 is 1.47 bits per heavy atom. The SMILES string of the molecule is O=[Se](c1ccc(Cl)cc1)c1cccc2ccccc12. The molecule has 19 heavy (non-hydrogen) atoms. The summed E-state index contributed by atoms with van der Waals surface area (Å²) in [5.41, 5.74) is 0. The van der Waals surface area contributed by atoms with Crippen LogP contribution in [0.25, 0.3) is 10.8 Å². The summed E-state index contributed by atoms with van der Waals surface area (Å²) in [6.07, 6.45) is 0. The van der Waals surface area contributed by atoms with E-state index in [1.54, 1.807) is 12.1 Å². The summed E-state index contributed by atoms with van der Waals surface area (Å²) in [6, 6.07) is 21.3. The number of rotatable bonds is 2. The quantitative estimate of drug-likeness (QED) is 0.659. The van der Waals surface area contributed by atoms with E-state index in [0.717, 1.165) is 19.7 Å². The van der Waals surface area contributed by atoms with Gasteiger partial charge in [0.15, 0.2) is 0 Å². The van der Waals surface area contributed by atoms with Crippen molar-refractivity contribution < 1.29 is 3.83 Å². The second-order valence-electron chi connectivity index (χ2n) is 4.20. The van der Waals surface area contributed by atoms with Crippen molar-refractivity contribution >= 4 is 45.1 Å². The molecular weight excluding hydrogens is 323 g/mol. The van der Waals surface area contributed by atoms with E-state index in [0.29, 0.717) is 5.02 Å². The molecule has 0 aromatic heterocycles. The number of hydrogen-bond donors (Lipinski definition) is 0. The Labute approximate surface area is 120 Å². The molecule has 3 aromatic rings. The van der Waals surface area contributed by atoms with Gasteiger partial charge in [-0.2, -0.15) is 0 Å². The summed E-state index contributed by atoms with van der Waals surface area (Å²) < 4.78 is 14.5. The Kier molecular flexibility index (Phi) is 3.48. The molecule has 1 nitrogen and oxygen atoms in total. The van der Waals surface area contributed by atoms with Gasteiger partial charge in [-0.05, 0) is 0 Å². The Hall–Kier alpha value is -1.47. The summed E-state index contributed by atoms with van der Waals surface area (Å²) in [7, 11) is 0. The standard InChI is InChI=1S/C16H11ClOSe/c17-13-8-10-14(11-9-13)19(18)16-7-3-5-12-4-1-2-6-15(12)16/h1-11H. The van der Waals surface area contributed by atoms with Gasteiger partial charge in [-0.3, -0.25) is 0 Å². The molecule has 0 fully saturated rings. The second kappa shape index (κ2) is 5.26. The average molecular weight is 334 g/mol. The second-order valence-corrected chi connectivity index (χ2v) is 7.68. The molecule has 0 bridgehead atoms. The van der Waals surface area contributed by atoms with Crippen LogP contribution in [0.3, 0.4) is 0 Å². The van der Waals surface area contributed by atoms with Gasteiger partial charge in [-0.25, -0.2) is 0 Å². The van der Waals surface area contributed by atoms with Crippen LogP contribution in [0.2, 0.25) is 5.02 Å². The molecular formula is C16H11ClOSe. The third-order valence-corrected chi connectivity index (χ3v) is 6.28. The monoisotopic (exact) mass is 334 g/mol. The third kappa shape index (κ3) is 2.48. The molecule has 1 unspecified atom stereocenters. The van der Waals surface area contributed by atoms with Crippen LogP contribution in [0.5, 0.6) is 0 Å². The number of halogens is 1. The van der Waals surface area contributed by atoms with Gasteiger partial charge in [0, 0.05) is 0 Å². The van der Waals surface area contributed by atoms with E-state index in [-0.39, 0.29) is 0 Å². The number of fused-ring (bicyclic) bond motifs is 1. The molecule has 0 saturated carbocycles. The van der Waals surface area contributed by atoms with Crippen molar-refractivity contribution in [1.29, 1.82) is 0 Å². The molecule has 3 aromatic carbocycles. The Morgan fingerprint density at radius 1 is 0.789 bits per heavy atom. The fourth-order valence-electron chi connectivity index (χ4n) is 2.04. The van der Waals surface area contributed by atoms with Crippen molar-refractivity contribution in [3.05, 3.63) is 71.8 Å². The molecule has 0 saturated heterocycles. The first-order valence-electron chi connectivity index (χ1n) is 5.91. The maximum absolute atomic E-state index is 12.7. The van der Waals surface area contributed by atoms with Crippen molar-refractivity contribution in [3.63, 3.8) is 0 Å². The van der Waals surface area contributed by atoms with Gasteiger partial charge in [0.25, 0.3) is 0 Å². The summed E-state index contributed by atoms with van der Waals surface area (Å²) in [4.78, 5) is 0. The Bertz CT molecular complexity index is 745. The zero-order valence-electron chi connectivity index (χ0n) is 10.0. The fraction of sp³-hybridized carbons (Fsp3) is 0. The normalized spacial score (nSPS) is 12.5. The zero-order valence-corrected chi connectivity index (χ0v) is 12.5. The molecule has 3 heteroatoms. The summed E-state index contributed by atoms with van der Waals surface area (Å²) in [6.45, 7) is 0. The van der Waals surface area contributed by atoms with Crippen LogP contribution in [0.4, 0.5) is 0 Å². The molecule has 0 aliphatic rings. The Balaban J connectivity index is 2.14. The van der Waals surface area contributed by atoms with Gasteiger partial charge in [0.05, 0.1) is 0 Å². The van der Waals surface area contributed by atoms with Crippen LogP contribution in [-0.4, -0.2) is 13.8 Å². The molecule has 0 aliphatic carbocycles. The predicted octanol–water partition coefficient (Wildman–Crippen LogP) is 3.03. The van der Waals surface area contributed by atoms with Crippen molar-refractivity contribution in [2.45, 2.75) is 0 Å². The van der Waals surface area contributed by atoms with Gasteiger partial charge in [-0.15, -0.1) is 0 Å². The first-order chi connectivity index (χ1) is 9.25. The van der Waals surface area contributed by atoms with Crippen LogP contribution < -0.4 is 8.92 Å². The van der Waals surface area contributed by atoms with Gasteiger partial charge < -0.3 is 0 Å². The molecule has 3 rings (SSSR count). The van der Waals surface area contributed by atoms with Crippen molar-refractivity contribution in [2.24, 2.45) is 0 Å². The van der Waals surface area contributed by atoms with Crippen molar-refractivity contribution in [2.75, 3.05) is 0 Å². The fourth-order valence-corrected chi connectivity index (χ4v) is 4.74. The van der Waals surface area contributed by atoms with Crippen LogP contribution in [0, 0.1) is 0 Å². The van der Waals surface area contributed by atoms with E-state index in [4.69, 9.17) is 11.6 Å². The molecule has 0 heterocycles. The van der Waals surface area contributed by atoms with Gasteiger partial charge >= 0.3 is 121 Å². The van der Waals surface area contributed by atoms with E-state index in [2.05, 4.69) is 0 Å². The number of hydrogen-bond acceptors (Lipinski definition) is 1. The first kappa shape index (κ1) is 12.6. The van der Waals surface area contributed by atoms with E-state index in [1.165, 1.54) is 0 Å². The molecule has 0 radical (unpaired) electrons. The zero-order chi connectivity index (χ0) is 13.2. The third-order valence-electron chi connectivity index (χ3n) is 2.98. The van der Waals surface area contributed by atoms with Crippen molar-refractivity contribution in [3.8, 4) is 0 Å². The summed E-state index contributed by atoms with van der Waals surface area (Å²) in [5, 5.41) is 2.86. The Morgan fingerprint density at radius 3 is 2.26 bits per heavy atom. The number of benzene rings is 3. The first-order valence-corrected chi connectivity index (χ1v) is 8.70.